The van der Waals surface area contributed by atoms with Gasteiger partial charge < -0.3 is 10.2 Å². The molecule has 0 bridgehead atoms. The van der Waals surface area contributed by atoms with Gasteiger partial charge in [-0.1, -0.05) is 50.1 Å². The number of carboxylic acid groups (broad SMARTS) is 1. The molecule has 3 nitrogen and oxygen atoms in total. The molecule has 120 valence electrons. The molecule has 0 atom stereocenters. The normalized spacial score (nSPS) is 12.0. The van der Waals surface area contributed by atoms with Crippen LogP contribution >= 0.6 is 0 Å². The molecule has 0 saturated carbocycles. The van der Waals surface area contributed by atoms with Crippen LogP contribution < -0.4 is 56.5 Å². The van der Waals surface area contributed by atoms with Crippen molar-refractivity contribution in [2.45, 2.75) is 71.1 Å². The summed E-state index contributed by atoms with van der Waals surface area (Å²) in [7, 11) is 0. The molecule has 0 rings (SSSR count). The van der Waals surface area contributed by atoms with E-state index in [9.17, 15) is 9.90 Å². The molecule has 1 N–H and O–H groups in total. The standard InChI is InChI=1S/C18H30O3.K/c1-2-3-4-11-14-17(19)15-12-9-7-5-6-8-10-13-16-18(20)21;/h5-6,9,12,14,19H,2-4,7-8,10-11,13,15-16H2,1H3,(H,20,21);/q;+1/p-1/b6-5-,12-9-,17-14+;. The van der Waals surface area contributed by atoms with Crippen LogP contribution in [0.3, 0.4) is 0 Å². The van der Waals surface area contributed by atoms with Gasteiger partial charge in [0.1, 0.15) is 0 Å². The third-order valence-corrected chi connectivity index (χ3v) is 3.12. The Morgan fingerprint density at radius 2 is 1.68 bits per heavy atom. The van der Waals surface area contributed by atoms with E-state index in [0.29, 0.717) is 6.42 Å². The number of allylic oxidation sites excluding steroid dienone is 5. The molecule has 0 saturated heterocycles. The summed E-state index contributed by atoms with van der Waals surface area (Å²) in [6, 6.07) is 0. The summed E-state index contributed by atoms with van der Waals surface area (Å²) >= 11 is 0. The van der Waals surface area contributed by atoms with E-state index in [1.165, 1.54) is 12.8 Å². The van der Waals surface area contributed by atoms with Crippen LogP contribution in [0, 0.1) is 0 Å². The zero-order chi connectivity index (χ0) is 15.8. The molecular weight excluding hydrogens is 303 g/mol. The van der Waals surface area contributed by atoms with E-state index in [1.54, 1.807) is 6.08 Å². The van der Waals surface area contributed by atoms with E-state index < -0.39 is 5.97 Å². The van der Waals surface area contributed by atoms with Crippen molar-refractivity contribution >= 4 is 5.97 Å². The molecule has 0 aromatic carbocycles. The topological polar surface area (TPSA) is 60.4 Å². The first kappa shape index (κ1) is 24.4. The molecule has 0 spiro atoms. The average Bonchev–Trinajstić information content (AvgIpc) is 2.45. The van der Waals surface area contributed by atoms with Crippen molar-refractivity contribution in [3.63, 3.8) is 0 Å². The molecule has 0 aliphatic carbocycles. The minimum atomic E-state index is -0.724. The predicted molar refractivity (Wildman–Crippen MR) is 85.8 cm³/mol. The fourth-order valence-electron chi connectivity index (χ4n) is 1.87. The molecule has 0 aliphatic rings. The monoisotopic (exact) mass is 332 g/mol. The number of carboxylic acids is 1. The molecule has 0 radical (unpaired) electrons. The van der Waals surface area contributed by atoms with Gasteiger partial charge in [0.25, 0.3) is 0 Å². The van der Waals surface area contributed by atoms with Crippen LogP contribution in [0.15, 0.2) is 36.1 Å². The van der Waals surface area contributed by atoms with Crippen LogP contribution in [0.25, 0.3) is 0 Å². The Morgan fingerprint density at radius 3 is 2.36 bits per heavy atom. The second kappa shape index (κ2) is 19.2. The van der Waals surface area contributed by atoms with Crippen molar-refractivity contribution in [3.8, 4) is 0 Å². The summed E-state index contributed by atoms with van der Waals surface area (Å²) in [6.45, 7) is 2.16. The summed E-state index contributed by atoms with van der Waals surface area (Å²) in [5, 5.41) is 20.0. The Kier molecular flexibility index (Phi) is 21.2. The van der Waals surface area contributed by atoms with Crippen LogP contribution in [0.5, 0.6) is 0 Å². The van der Waals surface area contributed by atoms with Gasteiger partial charge in [-0.05, 0) is 44.9 Å². The van der Waals surface area contributed by atoms with Gasteiger partial charge in [0, 0.05) is 6.42 Å². The fraction of sp³-hybridized carbons (Fsp3) is 0.611. The Bertz CT molecular complexity index is 346. The summed E-state index contributed by atoms with van der Waals surface area (Å²) in [6.07, 6.45) is 18.4. The summed E-state index contributed by atoms with van der Waals surface area (Å²) in [4.78, 5) is 10.3. The van der Waals surface area contributed by atoms with E-state index in [2.05, 4.69) is 19.1 Å². The first-order valence-corrected chi connectivity index (χ1v) is 8.04. The Morgan fingerprint density at radius 1 is 1.00 bits per heavy atom. The van der Waals surface area contributed by atoms with E-state index in [0.717, 1.165) is 38.5 Å². The predicted octanol–water partition coefficient (Wildman–Crippen LogP) is 1.35. The molecule has 0 aliphatic heterocycles. The summed E-state index contributed by atoms with van der Waals surface area (Å²) in [5.74, 6) is -0.516. The van der Waals surface area contributed by atoms with Crippen LogP contribution in [0.2, 0.25) is 0 Å². The molecule has 0 aromatic rings. The zero-order valence-corrected chi connectivity index (χ0v) is 17.3. The molecule has 0 unspecified atom stereocenters. The van der Waals surface area contributed by atoms with Crippen LogP contribution in [-0.2, 0) is 4.79 Å². The van der Waals surface area contributed by atoms with Gasteiger partial charge in [-0.2, -0.15) is 0 Å². The maximum Gasteiger partial charge on any atom is 1.00 e. The van der Waals surface area contributed by atoms with E-state index in [-0.39, 0.29) is 63.6 Å². The zero-order valence-electron chi connectivity index (χ0n) is 14.2. The van der Waals surface area contributed by atoms with Gasteiger partial charge >= 0.3 is 57.4 Å². The smallest absolute Gasteiger partial charge is 0.875 e. The first-order chi connectivity index (χ1) is 10.2. The Balaban J connectivity index is 0. The molecule has 4 heteroatoms. The maximum atomic E-state index is 11.5. The van der Waals surface area contributed by atoms with Gasteiger partial charge in [0.15, 0.2) is 0 Å². The van der Waals surface area contributed by atoms with Gasteiger partial charge in [0.05, 0.1) is 0 Å². The van der Waals surface area contributed by atoms with E-state index >= 15 is 0 Å². The summed E-state index contributed by atoms with van der Waals surface area (Å²) in [5.41, 5.74) is 0. The molecule has 0 amide bonds. The van der Waals surface area contributed by atoms with Gasteiger partial charge in [-0.15, -0.1) is 5.76 Å². The van der Waals surface area contributed by atoms with E-state index in [4.69, 9.17) is 5.11 Å². The number of carbonyl (C=O) groups is 1. The minimum Gasteiger partial charge on any atom is -0.875 e. The third kappa shape index (κ3) is 20.1. The average molecular weight is 333 g/mol. The van der Waals surface area contributed by atoms with Crippen molar-refractivity contribution in [2.24, 2.45) is 0 Å². The third-order valence-electron chi connectivity index (χ3n) is 3.12. The van der Waals surface area contributed by atoms with Crippen molar-refractivity contribution < 1.29 is 66.4 Å². The quantitative estimate of drug-likeness (QED) is 0.240. The second-order valence-corrected chi connectivity index (χ2v) is 5.19. The molecular formula is C18H29KO3. The summed E-state index contributed by atoms with van der Waals surface area (Å²) < 4.78 is 0. The van der Waals surface area contributed by atoms with Gasteiger partial charge in [-0.25, -0.2) is 0 Å². The molecule has 0 heterocycles. The van der Waals surface area contributed by atoms with Crippen LogP contribution in [-0.4, -0.2) is 11.1 Å². The van der Waals surface area contributed by atoms with Gasteiger partial charge in [-0.3, -0.25) is 4.79 Å². The van der Waals surface area contributed by atoms with Crippen LogP contribution in [0.4, 0.5) is 0 Å². The number of unbranched alkanes of at least 4 members (excludes halogenated alkanes) is 5. The SMILES string of the molecule is CCCCC/C=C(/[O-])C/C=C\C/C=C\CCCCC(=O)O.[K+]. The molecule has 22 heavy (non-hydrogen) atoms. The van der Waals surface area contributed by atoms with Crippen molar-refractivity contribution in [1.29, 1.82) is 0 Å². The Labute approximate surface area is 178 Å². The second-order valence-electron chi connectivity index (χ2n) is 5.19. The minimum absolute atomic E-state index is 0. The Hall–Kier alpha value is 0.126. The van der Waals surface area contributed by atoms with Crippen molar-refractivity contribution in [3.05, 3.63) is 36.1 Å². The molecule has 0 aromatic heterocycles. The van der Waals surface area contributed by atoms with Gasteiger partial charge in [0.2, 0.25) is 0 Å². The number of hydrogen-bond donors (Lipinski definition) is 1. The number of aliphatic carboxylic acids is 1. The van der Waals surface area contributed by atoms with E-state index in [1.807, 2.05) is 12.2 Å². The number of rotatable bonds is 13. The van der Waals surface area contributed by atoms with Crippen LogP contribution in [0.1, 0.15) is 71.1 Å². The van der Waals surface area contributed by atoms with Crippen molar-refractivity contribution in [2.75, 3.05) is 0 Å². The first-order valence-electron chi connectivity index (χ1n) is 8.04. The maximum absolute atomic E-state index is 11.5. The fourth-order valence-corrected chi connectivity index (χ4v) is 1.87. The number of hydrogen-bond acceptors (Lipinski definition) is 2. The molecule has 0 fully saturated rings. The van der Waals surface area contributed by atoms with Crippen molar-refractivity contribution in [1.82, 2.24) is 0 Å². The largest absolute Gasteiger partial charge is 1.00 e.